The summed E-state index contributed by atoms with van der Waals surface area (Å²) in [6, 6.07) is 8.48. The first-order valence-corrected chi connectivity index (χ1v) is 13.8. The SMILES string of the molecule is COc1ncnc(C2CC2)c1-c1ncc2cc(Cl)c(=O)n(Cc3ccc(-c4nc(C(F)(F)F)cn4C4CC4)cc3)c2n1. The van der Waals surface area contributed by atoms with E-state index in [4.69, 9.17) is 21.3 Å². The van der Waals surface area contributed by atoms with E-state index in [1.807, 2.05) is 0 Å². The number of hydrogen-bond donors (Lipinski definition) is 0. The van der Waals surface area contributed by atoms with Crippen LogP contribution in [0.3, 0.4) is 0 Å². The molecule has 5 aromatic rings. The van der Waals surface area contributed by atoms with Crippen molar-refractivity contribution >= 4 is 22.6 Å². The van der Waals surface area contributed by atoms with Crippen LogP contribution in [0.15, 0.2) is 53.8 Å². The highest BCUT2D eigenvalue weighted by atomic mass is 35.5. The van der Waals surface area contributed by atoms with Crippen molar-refractivity contribution in [1.29, 1.82) is 0 Å². The summed E-state index contributed by atoms with van der Waals surface area (Å²) in [4.78, 5) is 35.2. The fourth-order valence-corrected chi connectivity index (χ4v) is 5.34. The first-order valence-electron chi connectivity index (χ1n) is 13.4. The molecule has 42 heavy (non-hydrogen) atoms. The molecule has 0 N–H and O–H groups in total. The van der Waals surface area contributed by atoms with Crippen LogP contribution < -0.4 is 10.3 Å². The molecule has 2 aliphatic rings. The molecule has 0 radical (unpaired) electrons. The molecule has 0 saturated heterocycles. The van der Waals surface area contributed by atoms with E-state index in [1.165, 1.54) is 24.1 Å². The monoisotopic (exact) mass is 593 g/mol. The van der Waals surface area contributed by atoms with Crippen molar-refractivity contribution in [3.63, 3.8) is 0 Å². The van der Waals surface area contributed by atoms with Crippen molar-refractivity contribution in [2.75, 3.05) is 7.11 Å². The van der Waals surface area contributed by atoms with Crippen molar-refractivity contribution in [3.8, 4) is 28.7 Å². The second-order valence-electron chi connectivity index (χ2n) is 10.6. The van der Waals surface area contributed by atoms with E-state index in [0.717, 1.165) is 43.1 Å². The largest absolute Gasteiger partial charge is 0.480 e. The highest BCUT2D eigenvalue weighted by molar-refractivity contribution is 6.31. The standard InChI is InChI=1S/C29H23ClF3N7O2/c1-42-27-22(23(16-6-7-16)35-14-36-27)24-34-11-18-10-20(30)28(41)40(26(18)38-24)12-15-2-4-17(5-3-15)25-37-21(29(31,32)33)13-39(25)19-8-9-19/h2-5,10-11,13-14,16,19H,6-9,12H2,1H3. The molecule has 214 valence electrons. The second kappa shape index (κ2) is 9.90. The molecule has 0 unspecified atom stereocenters. The smallest absolute Gasteiger partial charge is 0.434 e. The van der Waals surface area contributed by atoms with Gasteiger partial charge in [0.25, 0.3) is 5.56 Å². The lowest BCUT2D eigenvalue weighted by Crippen LogP contribution is -2.22. The van der Waals surface area contributed by atoms with E-state index in [0.29, 0.717) is 33.9 Å². The molecule has 7 rings (SSSR count). The Morgan fingerprint density at radius 2 is 1.81 bits per heavy atom. The van der Waals surface area contributed by atoms with Gasteiger partial charge in [-0.2, -0.15) is 13.2 Å². The van der Waals surface area contributed by atoms with Crippen LogP contribution in [0.4, 0.5) is 13.2 Å². The number of halogens is 4. The van der Waals surface area contributed by atoms with Gasteiger partial charge >= 0.3 is 6.18 Å². The number of ether oxygens (including phenoxy) is 1. The van der Waals surface area contributed by atoms with Gasteiger partial charge in [0.2, 0.25) is 5.88 Å². The number of nitrogens with zero attached hydrogens (tertiary/aromatic N) is 7. The number of fused-ring (bicyclic) bond motifs is 1. The summed E-state index contributed by atoms with van der Waals surface area (Å²) in [7, 11) is 1.52. The number of methoxy groups -OCH3 is 1. The van der Waals surface area contributed by atoms with Gasteiger partial charge in [-0.05, 0) is 37.3 Å². The van der Waals surface area contributed by atoms with Gasteiger partial charge in [-0.15, -0.1) is 0 Å². The van der Waals surface area contributed by atoms with Crippen LogP contribution in [0, 0.1) is 0 Å². The summed E-state index contributed by atoms with van der Waals surface area (Å²) in [6.07, 6.45) is 3.23. The van der Waals surface area contributed by atoms with Crippen molar-refractivity contribution in [2.24, 2.45) is 0 Å². The van der Waals surface area contributed by atoms with E-state index in [-0.39, 0.29) is 29.4 Å². The van der Waals surface area contributed by atoms with Gasteiger partial charge in [0.15, 0.2) is 11.5 Å². The Bertz CT molecular complexity index is 1900. The minimum Gasteiger partial charge on any atom is -0.480 e. The number of imidazole rings is 1. The molecular weight excluding hydrogens is 571 g/mol. The Morgan fingerprint density at radius 3 is 2.48 bits per heavy atom. The molecule has 0 bridgehead atoms. The third kappa shape index (κ3) is 4.79. The topological polar surface area (TPSA) is 101 Å². The molecule has 0 spiro atoms. The Balaban J connectivity index is 1.27. The molecule has 9 nitrogen and oxygen atoms in total. The Hall–Kier alpha value is -4.32. The van der Waals surface area contributed by atoms with Gasteiger partial charge in [0.1, 0.15) is 28.4 Å². The quantitative estimate of drug-likeness (QED) is 0.226. The van der Waals surface area contributed by atoms with Gasteiger partial charge in [-0.25, -0.2) is 24.9 Å². The summed E-state index contributed by atoms with van der Waals surface area (Å²) in [6.45, 7) is 0.120. The van der Waals surface area contributed by atoms with Crippen molar-refractivity contribution < 1.29 is 17.9 Å². The zero-order valence-electron chi connectivity index (χ0n) is 22.3. The molecule has 1 aromatic carbocycles. The summed E-state index contributed by atoms with van der Waals surface area (Å²) in [5.41, 5.74) is 1.69. The lowest BCUT2D eigenvalue weighted by molar-refractivity contribution is -0.140. The predicted octanol–water partition coefficient (Wildman–Crippen LogP) is 6.05. The third-order valence-corrected chi connectivity index (χ3v) is 7.79. The summed E-state index contributed by atoms with van der Waals surface area (Å²) in [5.74, 6) is 1.22. The number of hydrogen-bond acceptors (Lipinski definition) is 7. The molecule has 0 atom stereocenters. The number of benzene rings is 1. The van der Waals surface area contributed by atoms with Crippen LogP contribution in [-0.4, -0.2) is 41.2 Å². The van der Waals surface area contributed by atoms with Gasteiger partial charge in [-0.1, -0.05) is 35.9 Å². The Labute approximate surface area is 242 Å². The van der Waals surface area contributed by atoms with E-state index in [9.17, 15) is 18.0 Å². The van der Waals surface area contributed by atoms with Gasteiger partial charge in [0.05, 0.1) is 19.3 Å². The van der Waals surface area contributed by atoms with Gasteiger partial charge in [-0.3, -0.25) is 9.36 Å². The highest BCUT2D eigenvalue weighted by Crippen LogP contribution is 2.45. The molecule has 0 aliphatic heterocycles. The molecule has 0 amide bonds. The average Bonchev–Trinajstić information content (AvgIpc) is 3.93. The lowest BCUT2D eigenvalue weighted by Gasteiger charge is -2.14. The molecule has 2 saturated carbocycles. The maximum atomic E-state index is 13.4. The fourth-order valence-electron chi connectivity index (χ4n) is 5.12. The molecule has 2 fully saturated rings. The molecule has 4 heterocycles. The van der Waals surface area contributed by atoms with Crippen LogP contribution in [0.5, 0.6) is 5.88 Å². The van der Waals surface area contributed by atoms with Crippen molar-refractivity contribution in [1.82, 2.24) is 34.1 Å². The van der Waals surface area contributed by atoms with Crippen molar-refractivity contribution in [3.05, 3.63) is 81.4 Å². The van der Waals surface area contributed by atoms with Crippen LogP contribution in [0.2, 0.25) is 5.02 Å². The third-order valence-electron chi connectivity index (χ3n) is 7.52. The van der Waals surface area contributed by atoms with Gasteiger partial charge in [0, 0.05) is 35.3 Å². The molecule has 13 heteroatoms. The first-order chi connectivity index (χ1) is 20.2. The van der Waals surface area contributed by atoms with Crippen molar-refractivity contribution in [2.45, 2.75) is 50.4 Å². The van der Waals surface area contributed by atoms with Crippen LogP contribution in [0.1, 0.15) is 54.6 Å². The normalized spacial score (nSPS) is 15.4. The number of aromatic nitrogens is 7. The number of pyridine rings is 1. The number of alkyl halides is 3. The summed E-state index contributed by atoms with van der Waals surface area (Å²) in [5, 5.41) is 0.579. The van der Waals surface area contributed by atoms with Crippen LogP contribution in [-0.2, 0) is 12.7 Å². The van der Waals surface area contributed by atoms with Gasteiger partial charge < -0.3 is 9.30 Å². The van der Waals surface area contributed by atoms with E-state index in [1.54, 1.807) is 35.0 Å². The predicted molar refractivity (Wildman–Crippen MR) is 148 cm³/mol. The first kappa shape index (κ1) is 26.6. The highest BCUT2D eigenvalue weighted by Gasteiger charge is 2.37. The average molecular weight is 594 g/mol. The molecule has 2 aliphatic carbocycles. The second-order valence-corrected chi connectivity index (χ2v) is 11.0. The lowest BCUT2D eigenvalue weighted by atomic mass is 10.1. The van der Waals surface area contributed by atoms with Crippen LogP contribution in [0.25, 0.3) is 33.8 Å². The maximum Gasteiger partial charge on any atom is 0.434 e. The van der Waals surface area contributed by atoms with E-state index in [2.05, 4.69) is 19.9 Å². The minimum atomic E-state index is -4.53. The van der Waals surface area contributed by atoms with Crippen LogP contribution >= 0.6 is 11.6 Å². The molecular formula is C29H23ClF3N7O2. The maximum absolute atomic E-state index is 13.4. The van der Waals surface area contributed by atoms with E-state index < -0.39 is 17.4 Å². The summed E-state index contributed by atoms with van der Waals surface area (Å²) >= 11 is 6.30. The van der Waals surface area contributed by atoms with E-state index >= 15 is 0 Å². The zero-order chi connectivity index (χ0) is 29.2. The number of rotatable bonds is 7. The zero-order valence-corrected chi connectivity index (χ0v) is 23.0. The minimum absolute atomic E-state index is 0.0147. The Kier molecular flexibility index (Phi) is 6.26. The fraction of sp³-hybridized carbons (Fsp3) is 0.310. The summed E-state index contributed by atoms with van der Waals surface area (Å²) < 4.78 is 48.7. The Morgan fingerprint density at radius 1 is 1.05 bits per heavy atom. The molecule has 4 aromatic heterocycles.